The lowest BCUT2D eigenvalue weighted by atomic mass is 10.7. The van der Waals surface area contributed by atoms with Crippen LogP contribution < -0.4 is 0 Å². The van der Waals surface area contributed by atoms with Crippen molar-refractivity contribution in [2.75, 3.05) is 26.4 Å². The maximum Gasteiger partial charge on any atom is 0.362 e. The number of rotatable bonds is 0. The van der Waals surface area contributed by atoms with Crippen molar-refractivity contribution in [1.29, 1.82) is 0 Å². The van der Waals surface area contributed by atoms with E-state index in [1.807, 2.05) is 0 Å². The van der Waals surface area contributed by atoms with Crippen LogP contribution in [-0.4, -0.2) is 30.6 Å². The zero-order valence-electron chi connectivity index (χ0n) is 5.69. The quantitative estimate of drug-likeness (QED) is 0.472. The molecule has 0 amide bonds. The molecule has 11 heavy (non-hydrogen) atoms. The monoisotopic (exact) mass is 184 g/mol. The minimum Gasteiger partial charge on any atom is -0.376 e. The lowest BCUT2D eigenvalue weighted by Gasteiger charge is -2.07. The summed E-state index contributed by atoms with van der Waals surface area (Å²) in [6.07, 6.45) is 0. The molecule has 0 radical (unpaired) electrons. The van der Waals surface area contributed by atoms with Gasteiger partial charge in [-0.3, -0.25) is 0 Å². The third-order valence-electron chi connectivity index (χ3n) is 0.829. The molecule has 66 valence electrons. The maximum absolute atomic E-state index is 10.5. The lowest BCUT2D eigenvalue weighted by Crippen LogP contribution is -2.15. The van der Waals surface area contributed by atoms with E-state index in [2.05, 4.69) is 18.4 Å². The highest BCUT2D eigenvalue weighted by Gasteiger charge is 2.05. The van der Waals surface area contributed by atoms with Crippen molar-refractivity contribution in [2.24, 2.45) is 0 Å². The summed E-state index contributed by atoms with van der Waals surface area (Å²) in [5.74, 6) is 0. The van der Waals surface area contributed by atoms with Gasteiger partial charge in [-0.15, -0.1) is 8.67 Å². The molecule has 1 aliphatic rings. The molecule has 0 aromatic rings. The van der Waals surface area contributed by atoms with Gasteiger partial charge in [0.25, 0.3) is 0 Å². The van der Waals surface area contributed by atoms with Crippen LogP contribution in [0.5, 0.6) is 0 Å². The molecular formula is C4H8O6S. The second-order valence-electron chi connectivity index (χ2n) is 1.60. The minimum atomic E-state index is -1.99. The van der Waals surface area contributed by atoms with Crippen LogP contribution >= 0.6 is 0 Å². The summed E-state index contributed by atoms with van der Waals surface area (Å²) in [6, 6.07) is 0. The molecule has 1 fully saturated rings. The van der Waals surface area contributed by atoms with Crippen LogP contribution in [0.2, 0.25) is 0 Å². The summed E-state index contributed by atoms with van der Waals surface area (Å²) >= 11 is -1.99. The van der Waals surface area contributed by atoms with Gasteiger partial charge >= 0.3 is 11.4 Å². The summed E-state index contributed by atoms with van der Waals surface area (Å²) in [5, 5.41) is 0. The summed E-state index contributed by atoms with van der Waals surface area (Å²) < 4.78 is 23.7. The van der Waals surface area contributed by atoms with Gasteiger partial charge in [-0.2, -0.15) is 4.21 Å². The van der Waals surface area contributed by atoms with Crippen molar-refractivity contribution in [2.45, 2.75) is 0 Å². The molecule has 0 N–H and O–H groups in total. The maximum atomic E-state index is 10.5. The van der Waals surface area contributed by atoms with E-state index < -0.39 is 11.4 Å². The molecular weight excluding hydrogens is 176 g/mol. The van der Waals surface area contributed by atoms with Crippen molar-refractivity contribution in [1.82, 2.24) is 0 Å². The van der Waals surface area contributed by atoms with Crippen LogP contribution in [0.1, 0.15) is 0 Å². The minimum absolute atomic E-state index is 0.217. The van der Waals surface area contributed by atoms with E-state index in [0.717, 1.165) is 0 Å². The molecule has 0 atom stereocenters. The molecule has 6 nitrogen and oxygen atoms in total. The van der Waals surface area contributed by atoms with E-state index in [0.29, 0.717) is 13.2 Å². The van der Waals surface area contributed by atoms with Crippen LogP contribution in [-0.2, 0) is 34.5 Å². The lowest BCUT2D eigenvalue weighted by molar-refractivity contribution is -0.267. The van der Waals surface area contributed by atoms with Crippen molar-refractivity contribution in [3.63, 3.8) is 0 Å². The van der Waals surface area contributed by atoms with E-state index in [1.165, 1.54) is 0 Å². The van der Waals surface area contributed by atoms with E-state index in [4.69, 9.17) is 4.74 Å². The molecule has 1 saturated heterocycles. The highest BCUT2D eigenvalue weighted by Crippen LogP contribution is 1.94. The summed E-state index contributed by atoms with van der Waals surface area (Å²) in [4.78, 5) is 8.78. The van der Waals surface area contributed by atoms with Gasteiger partial charge in [0.15, 0.2) is 0 Å². The fraction of sp³-hybridized carbons (Fsp3) is 1.00. The van der Waals surface area contributed by atoms with Gasteiger partial charge in [-0.1, -0.05) is 0 Å². The van der Waals surface area contributed by atoms with E-state index in [9.17, 15) is 4.21 Å². The molecule has 0 unspecified atom stereocenters. The Kier molecular flexibility index (Phi) is 4.59. The van der Waals surface area contributed by atoms with E-state index in [1.54, 1.807) is 0 Å². The largest absolute Gasteiger partial charge is 0.376 e. The smallest absolute Gasteiger partial charge is 0.362 e. The van der Waals surface area contributed by atoms with Crippen LogP contribution in [0.4, 0.5) is 0 Å². The Hall–Kier alpha value is -0.0500. The first kappa shape index (κ1) is 9.04. The molecule has 0 bridgehead atoms. The third kappa shape index (κ3) is 4.40. The Morgan fingerprint density at radius 3 is 2.00 bits per heavy atom. The normalized spacial score (nSPS) is 24.7. The second kappa shape index (κ2) is 5.58. The molecule has 0 aliphatic carbocycles. The highest BCUT2D eigenvalue weighted by molar-refractivity contribution is 7.74. The van der Waals surface area contributed by atoms with Gasteiger partial charge in [0, 0.05) is 0 Å². The Labute approximate surface area is 66.0 Å². The fourth-order valence-electron chi connectivity index (χ4n) is 0.446. The molecule has 7 heteroatoms. The van der Waals surface area contributed by atoms with Crippen LogP contribution in [0.15, 0.2) is 0 Å². The van der Waals surface area contributed by atoms with Gasteiger partial charge in [-0.25, -0.2) is 9.78 Å². The number of hydrogen-bond donors (Lipinski definition) is 0. The summed E-state index contributed by atoms with van der Waals surface area (Å²) in [6.45, 7) is 1.19. The molecule has 0 aromatic heterocycles. The van der Waals surface area contributed by atoms with Gasteiger partial charge < -0.3 is 4.74 Å². The Morgan fingerprint density at radius 2 is 1.45 bits per heavy atom. The molecule has 1 aliphatic heterocycles. The van der Waals surface area contributed by atoms with Crippen molar-refractivity contribution < 1.29 is 27.4 Å². The average Bonchev–Trinajstić information content (AvgIpc) is 2.03. The Balaban J connectivity index is 2.17. The first-order valence-electron chi connectivity index (χ1n) is 2.99. The predicted molar refractivity (Wildman–Crippen MR) is 33.0 cm³/mol. The Morgan fingerprint density at radius 1 is 0.909 bits per heavy atom. The Bertz CT molecular complexity index is 116. The van der Waals surface area contributed by atoms with Crippen molar-refractivity contribution >= 4 is 11.4 Å². The van der Waals surface area contributed by atoms with Crippen molar-refractivity contribution in [3.05, 3.63) is 0 Å². The molecule has 0 spiro atoms. The van der Waals surface area contributed by atoms with Gasteiger partial charge in [0.2, 0.25) is 0 Å². The predicted octanol–water partition coefficient (Wildman–Crippen LogP) is -0.508. The van der Waals surface area contributed by atoms with Crippen LogP contribution in [0, 0.1) is 0 Å². The average molecular weight is 184 g/mol. The first-order chi connectivity index (χ1) is 5.39. The fourth-order valence-corrected chi connectivity index (χ4v) is 0.762. The first-order valence-corrected chi connectivity index (χ1v) is 3.99. The number of hydrogen-bond acceptors (Lipinski definition) is 6. The van der Waals surface area contributed by atoms with Gasteiger partial charge in [-0.05, 0) is 0 Å². The number of ether oxygens (including phenoxy) is 1. The van der Waals surface area contributed by atoms with Gasteiger partial charge in [0.1, 0.15) is 13.2 Å². The molecule has 1 heterocycles. The SMILES string of the molecule is O=S1OOCCOCCOO1. The summed E-state index contributed by atoms with van der Waals surface area (Å²) in [7, 11) is 0. The van der Waals surface area contributed by atoms with E-state index >= 15 is 0 Å². The molecule has 1 rings (SSSR count). The van der Waals surface area contributed by atoms with Crippen LogP contribution in [0.25, 0.3) is 0 Å². The highest BCUT2D eigenvalue weighted by atomic mass is 32.2. The zero-order valence-corrected chi connectivity index (χ0v) is 6.50. The topological polar surface area (TPSA) is 63.2 Å². The molecule has 0 saturated carbocycles. The van der Waals surface area contributed by atoms with Gasteiger partial charge in [0.05, 0.1) is 13.2 Å². The van der Waals surface area contributed by atoms with Crippen molar-refractivity contribution in [3.8, 4) is 0 Å². The zero-order chi connectivity index (χ0) is 7.94. The summed E-state index contributed by atoms with van der Waals surface area (Å²) in [5.41, 5.74) is 0. The second-order valence-corrected chi connectivity index (χ2v) is 2.28. The van der Waals surface area contributed by atoms with Crippen LogP contribution in [0.3, 0.4) is 0 Å². The third-order valence-corrected chi connectivity index (χ3v) is 1.24. The van der Waals surface area contributed by atoms with E-state index in [-0.39, 0.29) is 13.2 Å². The molecule has 0 aromatic carbocycles. The standard InChI is InChI=1S/C4H8O6S/c5-11-9-7-3-1-6-2-4-8-10-11/h1-4H2.